The smallest absolute Gasteiger partial charge is 0.331 e. The lowest BCUT2D eigenvalue weighted by Crippen LogP contribution is -2.62. The van der Waals surface area contributed by atoms with Gasteiger partial charge in [0.05, 0.1) is 12.1 Å². The van der Waals surface area contributed by atoms with Crippen LogP contribution in [0.25, 0.3) is 10.9 Å². The number of nitrogens with zero attached hydrogens (tertiary/aromatic N) is 2. The summed E-state index contributed by atoms with van der Waals surface area (Å²) in [4.78, 5) is 97.5. The molecule has 0 spiro atoms. The van der Waals surface area contributed by atoms with Gasteiger partial charge < -0.3 is 56.9 Å². The average Bonchev–Trinajstić information content (AvgIpc) is 3.81. The number of aromatic nitrogens is 3. The number of H-pyrrole nitrogens is 2. The normalized spacial score (nSPS) is 18.0. The molecule has 1 saturated heterocycles. The second-order valence-electron chi connectivity index (χ2n) is 14.5. The number of amides is 5. The number of nitrogens with one attached hydrogen (secondary N) is 6. The number of carboxylic acid groups (broad SMARTS) is 1. The minimum Gasteiger partial charge on any atom is -0.508 e. The van der Waals surface area contributed by atoms with Gasteiger partial charge in [-0.3, -0.25) is 28.7 Å². The molecule has 0 unspecified atom stereocenters. The molecule has 2 aromatic carbocycles. The number of thioether (sulfide) groups is 1. The Morgan fingerprint density at radius 2 is 1.77 bits per heavy atom. The van der Waals surface area contributed by atoms with Gasteiger partial charge >= 0.3 is 17.7 Å². The number of phenols is 1. The topological polar surface area (TPSA) is 303 Å². The standard InChI is InChI=1S/C40H49N9O11S/c1-21(48(2)36(55)27(41)16-22-7-6-8-24(50)15-22)33(35(54)43-20-25-18-31(51)37(60-25)49-13-11-32(52)46-40(49)59)47-34(53)29(12-14-61-3)44-39(58)45-30(38(56)57)17-23-19-42-28-10-5-4-9-26(23)28/h4-11,13,15,19-21,27,29-31,33,37,42,50-51H,12,14,16-18,41H2,1-3H3,(H,43,54)(H,47,53)(H,56,57)(H2,44,45,58)(H,46,52,59)/b25-20+/t21-,27-,29-,30-,31+,33-,37+/m0/s1. The summed E-state index contributed by atoms with van der Waals surface area (Å²) in [6.07, 6.45) is 3.09. The zero-order valence-corrected chi connectivity index (χ0v) is 34.3. The highest BCUT2D eigenvalue weighted by Gasteiger charge is 2.37. The van der Waals surface area contributed by atoms with Gasteiger partial charge in [0.1, 0.15) is 35.7 Å². The molecule has 0 bridgehead atoms. The summed E-state index contributed by atoms with van der Waals surface area (Å²) in [6.45, 7) is 1.49. The number of aliphatic hydroxyl groups excluding tert-OH is 1. The fraction of sp³-hybridized carbons (Fsp3) is 0.375. The van der Waals surface area contributed by atoms with E-state index in [1.54, 1.807) is 30.7 Å². The summed E-state index contributed by atoms with van der Waals surface area (Å²) < 4.78 is 6.69. The molecule has 20 nitrogen and oxygen atoms in total. The maximum absolute atomic E-state index is 14.0. The predicted octanol–water partition coefficient (Wildman–Crippen LogP) is -0.0206. The molecule has 1 fully saturated rings. The lowest BCUT2D eigenvalue weighted by molar-refractivity contribution is -0.139. The molecular weight excluding hydrogens is 815 g/mol. The second kappa shape index (κ2) is 20.6. The first-order chi connectivity index (χ1) is 29.1. The molecule has 326 valence electrons. The van der Waals surface area contributed by atoms with E-state index in [1.165, 1.54) is 42.8 Å². The predicted molar refractivity (Wildman–Crippen MR) is 224 cm³/mol. The molecule has 21 heteroatoms. The SMILES string of the molecule is CSCC[C@H](NC(=O)N[C@@H](Cc1c[nH]c2ccccc12)C(=O)O)C(=O)N[C@H](C(=O)N/C=C1\C[C@@H](O)[C@H](n2ccc(=O)[nH]c2=O)O1)[C@H](C)N(C)C(=O)[C@@H](N)Cc1cccc(O)c1. The van der Waals surface area contributed by atoms with E-state index in [0.717, 1.165) is 33.9 Å². The van der Waals surface area contributed by atoms with Crippen molar-refractivity contribution in [2.75, 3.05) is 19.1 Å². The summed E-state index contributed by atoms with van der Waals surface area (Å²) >= 11 is 1.37. The molecule has 1 aliphatic rings. The summed E-state index contributed by atoms with van der Waals surface area (Å²) in [5, 5.41) is 41.5. The van der Waals surface area contributed by atoms with Gasteiger partial charge in [0.25, 0.3) is 5.56 Å². The van der Waals surface area contributed by atoms with Gasteiger partial charge in [0, 0.05) is 55.5 Å². The van der Waals surface area contributed by atoms with Crippen LogP contribution in [0, 0.1) is 0 Å². The minimum absolute atomic E-state index is 0.0191. The number of carbonyl (C=O) groups excluding carboxylic acids is 4. The average molecular weight is 864 g/mol. The van der Waals surface area contributed by atoms with E-state index in [4.69, 9.17) is 10.5 Å². The molecule has 0 aliphatic carbocycles. The third-order valence-electron chi connectivity index (χ3n) is 10.2. The van der Waals surface area contributed by atoms with Crippen LogP contribution >= 0.6 is 11.8 Å². The van der Waals surface area contributed by atoms with Crippen molar-refractivity contribution in [2.24, 2.45) is 5.73 Å². The zero-order valence-electron chi connectivity index (χ0n) is 33.5. The number of aliphatic carboxylic acids is 1. The molecule has 1 aliphatic heterocycles. The third-order valence-corrected chi connectivity index (χ3v) is 10.8. The number of urea groups is 1. The van der Waals surface area contributed by atoms with Crippen LogP contribution in [0.1, 0.15) is 37.1 Å². The number of aliphatic hydroxyl groups is 1. The molecule has 0 saturated carbocycles. The number of nitrogens with two attached hydrogens (primary N) is 1. The molecule has 5 rings (SSSR count). The summed E-state index contributed by atoms with van der Waals surface area (Å²) in [7, 11) is 1.39. The van der Waals surface area contributed by atoms with E-state index in [1.807, 2.05) is 18.2 Å². The zero-order chi connectivity index (χ0) is 44.4. The Morgan fingerprint density at radius 3 is 2.48 bits per heavy atom. The Morgan fingerprint density at radius 1 is 1.03 bits per heavy atom. The van der Waals surface area contributed by atoms with Gasteiger partial charge in [-0.2, -0.15) is 11.8 Å². The molecule has 3 heterocycles. The highest BCUT2D eigenvalue weighted by molar-refractivity contribution is 7.98. The lowest BCUT2D eigenvalue weighted by atomic mass is 10.0. The van der Waals surface area contributed by atoms with E-state index in [9.17, 15) is 48.9 Å². The molecule has 5 amide bonds. The quantitative estimate of drug-likeness (QED) is 0.0630. The van der Waals surface area contributed by atoms with Crippen molar-refractivity contribution in [3.63, 3.8) is 0 Å². The maximum atomic E-state index is 14.0. The number of phenolic OH excluding ortho intramolecular Hbond substituents is 1. The van der Waals surface area contributed by atoms with E-state index >= 15 is 0 Å². The minimum atomic E-state index is -1.51. The number of carbonyl (C=O) groups is 5. The Hall–Kier alpha value is -6.58. The summed E-state index contributed by atoms with van der Waals surface area (Å²) in [5.41, 5.74) is 6.81. The number of ether oxygens (including phenoxy) is 1. The largest absolute Gasteiger partial charge is 0.508 e. The monoisotopic (exact) mass is 863 g/mol. The van der Waals surface area contributed by atoms with Gasteiger partial charge in [-0.15, -0.1) is 0 Å². The highest BCUT2D eigenvalue weighted by Crippen LogP contribution is 2.30. The van der Waals surface area contributed by atoms with Crippen LogP contribution in [-0.4, -0.2) is 120 Å². The Kier molecular flexibility index (Phi) is 15.4. The van der Waals surface area contributed by atoms with E-state index < -0.39 is 83.5 Å². The maximum Gasteiger partial charge on any atom is 0.331 e. The third kappa shape index (κ3) is 11.8. The number of para-hydroxylation sites is 1. The number of hydrogen-bond donors (Lipinski definition) is 10. The van der Waals surface area contributed by atoms with Crippen molar-refractivity contribution in [3.8, 4) is 5.75 Å². The van der Waals surface area contributed by atoms with E-state index in [0.29, 0.717) is 16.9 Å². The van der Waals surface area contributed by atoms with Crippen LogP contribution < -0.4 is 38.2 Å². The molecule has 4 aromatic rings. The summed E-state index contributed by atoms with van der Waals surface area (Å²) in [6, 6.07) is 7.22. The van der Waals surface area contributed by atoms with Crippen molar-refractivity contribution in [1.82, 2.24) is 40.7 Å². The fourth-order valence-corrected chi connectivity index (χ4v) is 7.22. The van der Waals surface area contributed by atoms with Crippen molar-refractivity contribution in [3.05, 3.63) is 111 Å². The number of hydrogen-bond acceptors (Lipinski definition) is 12. The number of aromatic hydroxyl groups is 1. The van der Waals surface area contributed by atoms with Gasteiger partial charge in [-0.05, 0) is 61.1 Å². The van der Waals surface area contributed by atoms with Crippen molar-refractivity contribution in [2.45, 2.75) is 75.1 Å². The lowest BCUT2D eigenvalue weighted by Gasteiger charge is -2.34. The summed E-state index contributed by atoms with van der Waals surface area (Å²) in [5.74, 6) is -3.21. The Balaban J connectivity index is 1.34. The first kappa shape index (κ1) is 45.5. The molecule has 7 atom stereocenters. The van der Waals surface area contributed by atoms with Crippen LogP contribution in [0.15, 0.2) is 88.5 Å². The fourth-order valence-electron chi connectivity index (χ4n) is 6.75. The number of fused-ring (bicyclic) bond motifs is 1. The number of likely N-dealkylation sites (N-methyl/N-ethyl adjacent to an activating group) is 1. The molecular formula is C40H49N9O11S. The van der Waals surface area contributed by atoms with E-state index in [-0.39, 0.29) is 37.2 Å². The molecule has 11 N–H and O–H groups in total. The van der Waals surface area contributed by atoms with Crippen LogP contribution in [0.4, 0.5) is 4.79 Å². The van der Waals surface area contributed by atoms with Crippen LogP contribution in [0.5, 0.6) is 5.75 Å². The van der Waals surface area contributed by atoms with Crippen LogP contribution in [0.3, 0.4) is 0 Å². The molecule has 61 heavy (non-hydrogen) atoms. The van der Waals surface area contributed by atoms with Crippen molar-refractivity contribution in [1.29, 1.82) is 0 Å². The highest BCUT2D eigenvalue weighted by atomic mass is 32.2. The van der Waals surface area contributed by atoms with Crippen LogP contribution in [0.2, 0.25) is 0 Å². The van der Waals surface area contributed by atoms with Crippen molar-refractivity contribution >= 4 is 52.4 Å². The number of carboxylic acids is 1. The van der Waals surface area contributed by atoms with Gasteiger partial charge in [0.15, 0.2) is 0 Å². The first-order valence-corrected chi connectivity index (χ1v) is 20.6. The molecule has 0 radical (unpaired) electrons. The number of benzene rings is 2. The Labute approximate surface area is 352 Å². The van der Waals surface area contributed by atoms with Gasteiger partial charge in [-0.25, -0.2) is 14.4 Å². The number of aromatic amines is 2. The van der Waals surface area contributed by atoms with Gasteiger partial charge in [-0.1, -0.05) is 30.3 Å². The van der Waals surface area contributed by atoms with Crippen molar-refractivity contribution < 1.29 is 44.0 Å². The first-order valence-electron chi connectivity index (χ1n) is 19.2. The van der Waals surface area contributed by atoms with Crippen LogP contribution in [-0.2, 0) is 36.8 Å². The van der Waals surface area contributed by atoms with E-state index in [2.05, 4.69) is 31.2 Å². The number of rotatable bonds is 18. The van der Waals surface area contributed by atoms with Gasteiger partial charge in [0.2, 0.25) is 23.9 Å². The Bertz CT molecular complexity index is 2380. The second-order valence-corrected chi connectivity index (χ2v) is 15.5. The molecule has 2 aromatic heterocycles.